The third-order valence-corrected chi connectivity index (χ3v) is 5.28. The minimum absolute atomic E-state index is 0.00564. The molecule has 1 heterocycles. The lowest BCUT2D eigenvalue weighted by Crippen LogP contribution is -2.32. The topological polar surface area (TPSA) is 110 Å². The molecule has 1 aliphatic rings. The van der Waals surface area contributed by atoms with E-state index in [0.29, 0.717) is 11.3 Å². The van der Waals surface area contributed by atoms with E-state index in [4.69, 9.17) is 5.14 Å². The molecular formula is C18H18FN3O4S. The number of hydrogen-bond acceptors (Lipinski definition) is 4. The SMILES string of the molecule is NS(=O)(=O)c1ccc(CNC(=O)C2CC(=O)N(c3ccc(F)cc3)C2)cc1. The lowest BCUT2D eigenvalue weighted by molar-refractivity contribution is -0.126. The van der Waals surface area contributed by atoms with Crippen LogP contribution in [0, 0.1) is 11.7 Å². The highest BCUT2D eigenvalue weighted by atomic mass is 32.2. The second-order valence-electron chi connectivity index (χ2n) is 6.29. The van der Waals surface area contributed by atoms with Gasteiger partial charge in [-0.2, -0.15) is 0 Å². The quantitative estimate of drug-likeness (QED) is 0.796. The number of carbonyl (C=O) groups excluding carboxylic acids is 2. The minimum atomic E-state index is -3.76. The van der Waals surface area contributed by atoms with E-state index in [1.165, 1.54) is 41.3 Å². The smallest absolute Gasteiger partial charge is 0.238 e. The Bertz CT molecular complexity index is 959. The Balaban J connectivity index is 1.59. The number of benzene rings is 2. The predicted molar refractivity (Wildman–Crippen MR) is 96.5 cm³/mol. The van der Waals surface area contributed by atoms with Crippen molar-refractivity contribution in [1.29, 1.82) is 0 Å². The van der Waals surface area contributed by atoms with Crippen molar-refractivity contribution in [3.05, 3.63) is 59.9 Å². The van der Waals surface area contributed by atoms with Crippen molar-refractivity contribution >= 4 is 27.5 Å². The number of sulfonamides is 1. The van der Waals surface area contributed by atoms with Crippen LogP contribution in [-0.2, 0) is 26.2 Å². The Morgan fingerprint density at radius 2 is 1.78 bits per heavy atom. The number of primary sulfonamides is 1. The molecule has 9 heteroatoms. The number of carbonyl (C=O) groups is 2. The van der Waals surface area contributed by atoms with Crippen molar-refractivity contribution in [3.8, 4) is 0 Å². The third-order valence-electron chi connectivity index (χ3n) is 4.35. The van der Waals surface area contributed by atoms with Crippen molar-refractivity contribution in [1.82, 2.24) is 5.32 Å². The highest BCUT2D eigenvalue weighted by Crippen LogP contribution is 2.25. The van der Waals surface area contributed by atoms with Gasteiger partial charge >= 0.3 is 0 Å². The molecule has 1 unspecified atom stereocenters. The van der Waals surface area contributed by atoms with Gasteiger partial charge in [0.1, 0.15) is 5.82 Å². The van der Waals surface area contributed by atoms with E-state index in [-0.39, 0.29) is 36.2 Å². The normalized spacial score (nSPS) is 17.2. The Hall–Kier alpha value is -2.78. The summed E-state index contributed by atoms with van der Waals surface area (Å²) < 4.78 is 35.5. The molecule has 1 aliphatic heterocycles. The van der Waals surface area contributed by atoms with Crippen molar-refractivity contribution in [3.63, 3.8) is 0 Å². The Kier molecular flexibility index (Phi) is 5.24. The van der Waals surface area contributed by atoms with Gasteiger partial charge in [0.2, 0.25) is 21.8 Å². The van der Waals surface area contributed by atoms with Crippen LogP contribution in [0.1, 0.15) is 12.0 Å². The molecule has 2 aromatic rings. The average molecular weight is 391 g/mol. The van der Waals surface area contributed by atoms with E-state index in [1.54, 1.807) is 12.1 Å². The fraction of sp³-hybridized carbons (Fsp3) is 0.222. The lowest BCUT2D eigenvalue weighted by atomic mass is 10.1. The van der Waals surface area contributed by atoms with Crippen LogP contribution in [-0.4, -0.2) is 26.8 Å². The van der Waals surface area contributed by atoms with Crippen molar-refractivity contribution in [2.45, 2.75) is 17.9 Å². The standard InChI is InChI=1S/C18H18FN3O4S/c19-14-3-5-15(6-4-14)22-11-13(9-17(22)23)18(24)21-10-12-1-7-16(8-2-12)27(20,25)26/h1-8,13H,9-11H2,(H,21,24)(H2,20,25,26). The molecule has 1 saturated heterocycles. The van der Waals surface area contributed by atoms with Gasteiger partial charge in [-0.25, -0.2) is 17.9 Å². The highest BCUT2D eigenvalue weighted by Gasteiger charge is 2.34. The number of nitrogens with one attached hydrogen (secondary N) is 1. The summed E-state index contributed by atoms with van der Waals surface area (Å²) in [5, 5.41) is 7.78. The first-order valence-electron chi connectivity index (χ1n) is 8.19. The van der Waals surface area contributed by atoms with Gasteiger partial charge in [-0.15, -0.1) is 0 Å². The fourth-order valence-corrected chi connectivity index (χ4v) is 3.40. The summed E-state index contributed by atoms with van der Waals surface area (Å²) >= 11 is 0. The van der Waals surface area contributed by atoms with Crippen LogP contribution in [0.15, 0.2) is 53.4 Å². The van der Waals surface area contributed by atoms with Crippen LogP contribution >= 0.6 is 0 Å². The van der Waals surface area contributed by atoms with Gasteiger partial charge in [-0.3, -0.25) is 9.59 Å². The monoisotopic (exact) mass is 391 g/mol. The van der Waals surface area contributed by atoms with Gasteiger partial charge in [-0.05, 0) is 42.0 Å². The Morgan fingerprint density at radius 1 is 1.15 bits per heavy atom. The molecule has 3 N–H and O–H groups in total. The summed E-state index contributed by atoms with van der Waals surface area (Å²) in [7, 11) is -3.76. The minimum Gasteiger partial charge on any atom is -0.352 e. The Labute approximate surface area is 156 Å². The lowest BCUT2D eigenvalue weighted by Gasteiger charge is -2.16. The zero-order chi connectivity index (χ0) is 19.6. The van der Waals surface area contributed by atoms with Crippen LogP contribution in [0.4, 0.5) is 10.1 Å². The molecule has 2 aromatic carbocycles. The molecule has 27 heavy (non-hydrogen) atoms. The summed E-state index contributed by atoms with van der Waals surface area (Å²) in [4.78, 5) is 26.0. The Morgan fingerprint density at radius 3 is 2.37 bits per heavy atom. The number of hydrogen-bond donors (Lipinski definition) is 2. The first kappa shape index (κ1) is 19.0. The number of halogens is 1. The predicted octanol–water partition coefficient (Wildman–Crippen LogP) is 1.14. The van der Waals surface area contributed by atoms with Crippen LogP contribution in [0.2, 0.25) is 0 Å². The molecule has 0 saturated carbocycles. The zero-order valence-corrected chi connectivity index (χ0v) is 15.1. The number of anilines is 1. The maximum absolute atomic E-state index is 13.0. The number of amides is 2. The zero-order valence-electron chi connectivity index (χ0n) is 14.3. The van der Waals surface area contributed by atoms with Crippen molar-refractivity contribution in [2.75, 3.05) is 11.4 Å². The molecule has 0 radical (unpaired) electrons. The first-order valence-corrected chi connectivity index (χ1v) is 9.74. The van der Waals surface area contributed by atoms with Gasteiger partial charge in [0.15, 0.2) is 0 Å². The molecule has 0 aliphatic carbocycles. The highest BCUT2D eigenvalue weighted by molar-refractivity contribution is 7.89. The molecule has 0 aromatic heterocycles. The molecule has 3 rings (SSSR count). The summed E-state index contributed by atoms with van der Waals surface area (Å²) in [6.45, 7) is 0.422. The fourth-order valence-electron chi connectivity index (χ4n) is 2.88. The molecule has 0 spiro atoms. The second kappa shape index (κ2) is 7.45. The third kappa shape index (κ3) is 4.50. The molecular weight excluding hydrogens is 373 g/mol. The first-order chi connectivity index (χ1) is 12.7. The maximum Gasteiger partial charge on any atom is 0.238 e. The van der Waals surface area contributed by atoms with Gasteiger partial charge in [0, 0.05) is 25.2 Å². The van der Waals surface area contributed by atoms with E-state index >= 15 is 0 Å². The summed E-state index contributed by atoms with van der Waals surface area (Å²) in [6, 6.07) is 11.4. The van der Waals surface area contributed by atoms with Gasteiger partial charge in [0.05, 0.1) is 10.8 Å². The average Bonchev–Trinajstić information content (AvgIpc) is 3.02. The van der Waals surface area contributed by atoms with Crippen LogP contribution < -0.4 is 15.4 Å². The second-order valence-corrected chi connectivity index (χ2v) is 7.85. The van der Waals surface area contributed by atoms with E-state index in [9.17, 15) is 22.4 Å². The molecule has 2 amide bonds. The summed E-state index contributed by atoms with van der Waals surface area (Å²) in [6.07, 6.45) is 0.0769. The van der Waals surface area contributed by atoms with E-state index in [0.717, 1.165) is 0 Å². The van der Waals surface area contributed by atoms with Crippen LogP contribution in [0.5, 0.6) is 0 Å². The van der Waals surface area contributed by atoms with Crippen LogP contribution in [0.25, 0.3) is 0 Å². The number of nitrogens with two attached hydrogens (primary N) is 1. The molecule has 7 nitrogen and oxygen atoms in total. The van der Waals surface area contributed by atoms with Gasteiger partial charge in [0.25, 0.3) is 0 Å². The maximum atomic E-state index is 13.0. The number of rotatable bonds is 5. The molecule has 0 bridgehead atoms. The van der Waals surface area contributed by atoms with Crippen LogP contribution in [0.3, 0.4) is 0 Å². The van der Waals surface area contributed by atoms with Crippen molar-refractivity contribution in [2.24, 2.45) is 11.1 Å². The van der Waals surface area contributed by atoms with Gasteiger partial charge in [-0.1, -0.05) is 12.1 Å². The number of nitrogens with zero attached hydrogens (tertiary/aromatic N) is 1. The largest absolute Gasteiger partial charge is 0.352 e. The molecule has 1 atom stereocenters. The molecule has 142 valence electrons. The van der Waals surface area contributed by atoms with Gasteiger partial charge < -0.3 is 10.2 Å². The van der Waals surface area contributed by atoms with E-state index < -0.39 is 21.8 Å². The summed E-state index contributed by atoms with van der Waals surface area (Å²) in [5.41, 5.74) is 1.26. The van der Waals surface area contributed by atoms with E-state index in [1.807, 2.05) is 0 Å². The molecule has 1 fully saturated rings. The van der Waals surface area contributed by atoms with E-state index in [2.05, 4.69) is 5.32 Å². The van der Waals surface area contributed by atoms with Crippen molar-refractivity contribution < 1.29 is 22.4 Å². The summed E-state index contributed by atoms with van der Waals surface area (Å²) in [5.74, 6) is -1.37.